The third-order valence-corrected chi connectivity index (χ3v) is 3.69. The van der Waals surface area contributed by atoms with Crippen molar-refractivity contribution in [2.75, 3.05) is 31.4 Å². The van der Waals surface area contributed by atoms with Crippen LogP contribution in [0.15, 0.2) is 36.4 Å². The van der Waals surface area contributed by atoms with Crippen LogP contribution >= 0.6 is 11.6 Å². The summed E-state index contributed by atoms with van der Waals surface area (Å²) in [5.74, 6) is 0.840. The molecule has 128 valence electrons. The Balaban J connectivity index is 1.99. The molecule has 0 saturated heterocycles. The molecule has 2 amide bonds. The number of nitrogens with one attached hydrogen (secondary N) is 2. The van der Waals surface area contributed by atoms with Crippen LogP contribution in [0, 0.1) is 0 Å². The van der Waals surface area contributed by atoms with E-state index in [9.17, 15) is 4.79 Å². The Bertz CT molecular complexity index is 707. The predicted molar refractivity (Wildman–Crippen MR) is 96.6 cm³/mol. The van der Waals surface area contributed by atoms with Crippen LogP contribution in [0.25, 0.3) is 0 Å². The number of ether oxygens (including phenoxy) is 1. The van der Waals surface area contributed by atoms with Gasteiger partial charge in [0, 0.05) is 37.5 Å². The van der Waals surface area contributed by atoms with Gasteiger partial charge in [0.2, 0.25) is 0 Å². The number of halogens is 1. The summed E-state index contributed by atoms with van der Waals surface area (Å²) in [7, 11) is 5.42. The van der Waals surface area contributed by atoms with Gasteiger partial charge in [0.25, 0.3) is 0 Å². The van der Waals surface area contributed by atoms with E-state index in [2.05, 4.69) is 15.6 Å². The van der Waals surface area contributed by atoms with E-state index in [4.69, 9.17) is 16.3 Å². The van der Waals surface area contributed by atoms with E-state index < -0.39 is 0 Å². The molecular formula is C17H21ClN4O2. The molecule has 0 unspecified atom stereocenters. The molecule has 2 aromatic rings. The Kier molecular flexibility index (Phi) is 6.40. The normalized spacial score (nSPS) is 10.3. The maximum Gasteiger partial charge on any atom is 0.319 e. The van der Waals surface area contributed by atoms with Crippen molar-refractivity contribution in [2.24, 2.45) is 0 Å². The second-order valence-electron chi connectivity index (χ2n) is 5.39. The molecule has 0 aliphatic heterocycles. The SMILES string of the molecule is COCc1c(Cl)cccc1NC(=O)NCc1cccc(N(C)C)n1. The van der Waals surface area contributed by atoms with Crippen LogP contribution in [-0.2, 0) is 17.9 Å². The van der Waals surface area contributed by atoms with Gasteiger partial charge in [-0.2, -0.15) is 0 Å². The van der Waals surface area contributed by atoms with Crippen LogP contribution in [0.2, 0.25) is 5.02 Å². The van der Waals surface area contributed by atoms with Gasteiger partial charge in [0.15, 0.2) is 0 Å². The van der Waals surface area contributed by atoms with Gasteiger partial charge in [-0.05, 0) is 24.3 Å². The van der Waals surface area contributed by atoms with E-state index in [0.29, 0.717) is 23.9 Å². The lowest BCUT2D eigenvalue weighted by atomic mass is 10.2. The first kappa shape index (κ1) is 18.0. The molecule has 2 rings (SSSR count). The summed E-state index contributed by atoms with van der Waals surface area (Å²) in [6, 6.07) is 10.7. The Morgan fingerprint density at radius 1 is 1.25 bits per heavy atom. The van der Waals surface area contributed by atoms with Gasteiger partial charge < -0.3 is 20.3 Å². The van der Waals surface area contributed by atoms with Gasteiger partial charge in [-0.3, -0.25) is 0 Å². The number of carbonyl (C=O) groups excluding carboxylic acids is 1. The summed E-state index contributed by atoms with van der Waals surface area (Å²) in [5.41, 5.74) is 2.14. The first-order valence-corrected chi connectivity index (χ1v) is 7.83. The number of nitrogens with zero attached hydrogens (tertiary/aromatic N) is 2. The van der Waals surface area contributed by atoms with Gasteiger partial charge in [0.05, 0.1) is 18.8 Å². The zero-order valence-corrected chi connectivity index (χ0v) is 14.7. The van der Waals surface area contributed by atoms with Gasteiger partial charge in [-0.1, -0.05) is 23.7 Å². The Morgan fingerprint density at radius 3 is 2.71 bits per heavy atom. The molecule has 1 heterocycles. The smallest absolute Gasteiger partial charge is 0.319 e. The fourth-order valence-corrected chi connectivity index (χ4v) is 2.35. The minimum atomic E-state index is -0.327. The van der Waals surface area contributed by atoms with Crippen LogP contribution in [0.3, 0.4) is 0 Å². The van der Waals surface area contributed by atoms with Crippen molar-refractivity contribution < 1.29 is 9.53 Å². The summed E-state index contributed by atoms with van der Waals surface area (Å²) in [5, 5.41) is 6.13. The largest absolute Gasteiger partial charge is 0.380 e. The summed E-state index contributed by atoms with van der Waals surface area (Å²) in [6.45, 7) is 0.648. The highest BCUT2D eigenvalue weighted by Crippen LogP contribution is 2.25. The second-order valence-corrected chi connectivity index (χ2v) is 5.80. The molecule has 1 aromatic carbocycles. The van der Waals surface area contributed by atoms with Crippen molar-refractivity contribution in [3.05, 3.63) is 52.7 Å². The fourth-order valence-electron chi connectivity index (χ4n) is 2.12. The minimum absolute atomic E-state index is 0.321. The van der Waals surface area contributed by atoms with E-state index in [-0.39, 0.29) is 6.03 Å². The molecule has 0 bridgehead atoms. The molecule has 1 aromatic heterocycles. The molecule has 0 spiro atoms. The average Bonchev–Trinajstić information content (AvgIpc) is 2.56. The number of urea groups is 1. The van der Waals surface area contributed by atoms with Crippen molar-refractivity contribution in [1.82, 2.24) is 10.3 Å². The molecule has 0 saturated carbocycles. The number of pyridine rings is 1. The van der Waals surface area contributed by atoms with Crippen molar-refractivity contribution in [2.45, 2.75) is 13.2 Å². The molecule has 0 aliphatic carbocycles. The Labute approximate surface area is 146 Å². The lowest BCUT2D eigenvalue weighted by Gasteiger charge is -2.14. The lowest BCUT2D eigenvalue weighted by molar-refractivity contribution is 0.185. The highest BCUT2D eigenvalue weighted by Gasteiger charge is 2.10. The monoisotopic (exact) mass is 348 g/mol. The van der Waals surface area contributed by atoms with Gasteiger partial charge >= 0.3 is 6.03 Å². The number of benzene rings is 1. The first-order valence-electron chi connectivity index (χ1n) is 7.45. The fraction of sp³-hybridized carbons (Fsp3) is 0.294. The van der Waals surface area contributed by atoms with E-state index >= 15 is 0 Å². The van der Waals surface area contributed by atoms with Crippen molar-refractivity contribution >= 4 is 29.1 Å². The van der Waals surface area contributed by atoms with Crippen molar-refractivity contribution in [3.63, 3.8) is 0 Å². The number of rotatable bonds is 6. The van der Waals surface area contributed by atoms with E-state index in [1.807, 2.05) is 37.2 Å². The predicted octanol–water partition coefficient (Wildman–Crippen LogP) is 3.27. The van der Waals surface area contributed by atoms with Crippen LogP contribution in [0.4, 0.5) is 16.3 Å². The molecule has 24 heavy (non-hydrogen) atoms. The maximum absolute atomic E-state index is 12.1. The van der Waals surface area contributed by atoms with Gasteiger partial charge in [-0.15, -0.1) is 0 Å². The van der Waals surface area contributed by atoms with Crippen LogP contribution < -0.4 is 15.5 Å². The summed E-state index contributed by atoms with van der Waals surface area (Å²) in [6.07, 6.45) is 0. The number of amides is 2. The number of aromatic nitrogens is 1. The van der Waals surface area contributed by atoms with E-state index in [0.717, 1.165) is 17.1 Å². The standard InChI is InChI=1S/C17H21ClN4O2/c1-22(2)16-9-4-6-12(20-16)10-19-17(23)21-15-8-5-7-14(18)13(15)11-24-3/h4-9H,10-11H2,1-3H3,(H2,19,21,23). The number of methoxy groups -OCH3 is 1. The van der Waals surface area contributed by atoms with Crippen LogP contribution in [0.5, 0.6) is 0 Å². The van der Waals surface area contributed by atoms with Gasteiger partial charge in [0.1, 0.15) is 5.82 Å². The third-order valence-electron chi connectivity index (χ3n) is 3.34. The zero-order valence-electron chi connectivity index (χ0n) is 14.0. The van der Waals surface area contributed by atoms with Gasteiger partial charge in [-0.25, -0.2) is 9.78 Å². The summed E-state index contributed by atoms with van der Waals surface area (Å²) in [4.78, 5) is 18.5. The van der Waals surface area contributed by atoms with Crippen molar-refractivity contribution in [1.29, 1.82) is 0 Å². The van der Waals surface area contributed by atoms with Crippen molar-refractivity contribution in [3.8, 4) is 0 Å². The molecular weight excluding hydrogens is 328 g/mol. The lowest BCUT2D eigenvalue weighted by Crippen LogP contribution is -2.29. The highest BCUT2D eigenvalue weighted by molar-refractivity contribution is 6.31. The van der Waals surface area contributed by atoms with E-state index in [1.54, 1.807) is 25.3 Å². The molecule has 2 N–H and O–H groups in total. The average molecular weight is 349 g/mol. The first-order chi connectivity index (χ1) is 11.5. The molecule has 0 radical (unpaired) electrons. The molecule has 0 atom stereocenters. The zero-order chi connectivity index (χ0) is 17.5. The van der Waals surface area contributed by atoms with Crippen LogP contribution in [-0.4, -0.2) is 32.2 Å². The Hall–Kier alpha value is -2.31. The molecule has 0 aliphatic rings. The highest BCUT2D eigenvalue weighted by atomic mass is 35.5. The number of hydrogen-bond donors (Lipinski definition) is 2. The quantitative estimate of drug-likeness (QED) is 0.840. The summed E-state index contributed by atoms with van der Waals surface area (Å²) >= 11 is 6.15. The Morgan fingerprint density at radius 2 is 2.00 bits per heavy atom. The second kappa shape index (κ2) is 8.52. The number of hydrogen-bond acceptors (Lipinski definition) is 4. The maximum atomic E-state index is 12.1. The minimum Gasteiger partial charge on any atom is -0.380 e. The molecule has 6 nitrogen and oxygen atoms in total. The molecule has 7 heteroatoms. The third kappa shape index (κ3) is 4.84. The molecule has 0 fully saturated rings. The van der Waals surface area contributed by atoms with Crippen LogP contribution in [0.1, 0.15) is 11.3 Å². The number of carbonyl (C=O) groups is 1. The topological polar surface area (TPSA) is 66.5 Å². The number of anilines is 2. The van der Waals surface area contributed by atoms with E-state index in [1.165, 1.54) is 0 Å². The summed E-state index contributed by atoms with van der Waals surface area (Å²) < 4.78 is 5.13.